The monoisotopic (exact) mass is 333 g/mol. The normalized spacial score (nSPS) is 27.7. The van der Waals surface area contributed by atoms with E-state index in [0.29, 0.717) is 17.9 Å². The molecule has 0 bridgehead atoms. The number of rotatable bonds is 2. The van der Waals surface area contributed by atoms with Crippen molar-refractivity contribution in [2.24, 2.45) is 0 Å². The number of benzene rings is 1. The van der Waals surface area contributed by atoms with Crippen LogP contribution in [0.25, 0.3) is 0 Å². The maximum absolute atomic E-state index is 13.9. The number of alkyl halides is 1. The van der Waals surface area contributed by atoms with Crippen molar-refractivity contribution in [3.05, 3.63) is 46.5 Å². The fourth-order valence-electron chi connectivity index (χ4n) is 4.03. The van der Waals surface area contributed by atoms with Crippen molar-refractivity contribution in [2.75, 3.05) is 0 Å². The van der Waals surface area contributed by atoms with Crippen LogP contribution in [0.5, 0.6) is 0 Å². The van der Waals surface area contributed by atoms with Crippen LogP contribution in [0, 0.1) is 0 Å². The van der Waals surface area contributed by atoms with E-state index in [1.807, 2.05) is 24.3 Å². The summed E-state index contributed by atoms with van der Waals surface area (Å²) in [4.78, 5) is 0. The summed E-state index contributed by atoms with van der Waals surface area (Å²) in [6.45, 7) is 0.948. The van der Waals surface area contributed by atoms with Crippen LogP contribution in [0.4, 0.5) is 4.39 Å². The molecule has 1 aliphatic heterocycles. The zero-order valence-electron chi connectivity index (χ0n) is 13.1. The molecule has 5 heteroatoms. The van der Waals surface area contributed by atoms with Crippen LogP contribution in [0.15, 0.2) is 24.3 Å². The molecule has 2 aromatic rings. The van der Waals surface area contributed by atoms with Gasteiger partial charge in [0.15, 0.2) is 0 Å². The van der Waals surface area contributed by atoms with Crippen LogP contribution in [0.2, 0.25) is 5.02 Å². The van der Waals surface area contributed by atoms with Crippen LogP contribution in [0.1, 0.15) is 55.7 Å². The van der Waals surface area contributed by atoms with E-state index in [0.717, 1.165) is 43.0 Å². The number of hydrogen-bond acceptors (Lipinski definition) is 2. The lowest BCUT2D eigenvalue weighted by molar-refractivity contribution is 0.113. The Labute approximate surface area is 140 Å². The first kappa shape index (κ1) is 15.1. The molecule has 0 radical (unpaired) electrons. The average molecular weight is 334 g/mol. The molecule has 0 spiro atoms. The molecule has 122 valence electrons. The summed E-state index contributed by atoms with van der Waals surface area (Å²) in [7, 11) is 0. The van der Waals surface area contributed by atoms with E-state index in [-0.39, 0.29) is 5.41 Å². The molecule has 1 aromatic carbocycles. The molecule has 0 unspecified atom stereocenters. The second-order valence-electron chi connectivity index (χ2n) is 6.85. The number of nitrogens with zero attached hydrogens (tertiary/aromatic N) is 3. The topological polar surface area (TPSA) is 30.7 Å². The third-order valence-electron chi connectivity index (χ3n) is 5.32. The Morgan fingerprint density at radius 2 is 1.78 bits per heavy atom. The highest BCUT2D eigenvalue weighted by Gasteiger charge is 2.51. The molecule has 1 saturated carbocycles. The van der Waals surface area contributed by atoms with E-state index in [2.05, 4.69) is 14.8 Å². The van der Waals surface area contributed by atoms with Crippen LogP contribution < -0.4 is 0 Å². The van der Waals surface area contributed by atoms with Gasteiger partial charge in [0, 0.05) is 18.0 Å². The molecule has 0 atom stereocenters. The third-order valence-corrected chi connectivity index (χ3v) is 5.58. The summed E-state index contributed by atoms with van der Waals surface area (Å²) in [5.41, 5.74) is 0.766. The lowest BCUT2D eigenvalue weighted by atomic mass is 9.62. The number of aryl methyl sites for hydroxylation is 1. The van der Waals surface area contributed by atoms with Crippen molar-refractivity contribution in [1.29, 1.82) is 0 Å². The summed E-state index contributed by atoms with van der Waals surface area (Å²) in [5, 5.41) is 9.67. The first-order valence-corrected chi connectivity index (χ1v) is 8.89. The molecule has 1 aliphatic carbocycles. The van der Waals surface area contributed by atoms with Gasteiger partial charge < -0.3 is 4.57 Å². The van der Waals surface area contributed by atoms with Crippen LogP contribution >= 0.6 is 11.6 Å². The van der Waals surface area contributed by atoms with E-state index in [4.69, 9.17) is 11.6 Å². The standard InChI is InChI=1S/C18H21ClFN3/c19-14-8-6-13(7-9-14)18(11-15(20)12-18)17-22-21-16-5-3-1-2-4-10-23(16)17/h6-9,15H,1-5,10-12H2/t15-,18+. The van der Waals surface area contributed by atoms with Gasteiger partial charge in [0.25, 0.3) is 0 Å². The van der Waals surface area contributed by atoms with Gasteiger partial charge in [0.2, 0.25) is 0 Å². The summed E-state index contributed by atoms with van der Waals surface area (Å²) < 4.78 is 16.1. The Bertz CT molecular complexity index is 689. The van der Waals surface area contributed by atoms with Crippen molar-refractivity contribution < 1.29 is 4.39 Å². The molecule has 0 saturated heterocycles. The molecule has 1 fully saturated rings. The molecule has 2 aliphatic rings. The second-order valence-corrected chi connectivity index (χ2v) is 7.29. The van der Waals surface area contributed by atoms with Crippen molar-refractivity contribution in [2.45, 2.75) is 63.1 Å². The molecule has 4 rings (SSSR count). The highest BCUT2D eigenvalue weighted by Crippen LogP contribution is 2.50. The molecule has 2 heterocycles. The van der Waals surface area contributed by atoms with Crippen molar-refractivity contribution in [3.63, 3.8) is 0 Å². The van der Waals surface area contributed by atoms with E-state index >= 15 is 0 Å². The highest BCUT2D eigenvalue weighted by atomic mass is 35.5. The Morgan fingerprint density at radius 1 is 1.04 bits per heavy atom. The minimum Gasteiger partial charge on any atom is -0.314 e. The van der Waals surface area contributed by atoms with Gasteiger partial charge in [-0.3, -0.25) is 0 Å². The SMILES string of the molecule is F[C@H]1C[C@@](c2ccc(Cl)cc2)(c2nnc3n2CCCCCC3)C1. The third kappa shape index (κ3) is 2.57. The van der Waals surface area contributed by atoms with Crippen molar-refractivity contribution in [3.8, 4) is 0 Å². The largest absolute Gasteiger partial charge is 0.314 e. The first-order chi connectivity index (χ1) is 11.2. The zero-order chi connectivity index (χ0) is 15.9. The van der Waals surface area contributed by atoms with Gasteiger partial charge in [-0.25, -0.2) is 4.39 Å². The fourth-order valence-corrected chi connectivity index (χ4v) is 4.15. The number of hydrogen-bond donors (Lipinski definition) is 0. The van der Waals surface area contributed by atoms with Gasteiger partial charge in [-0.2, -0.15) is 0 Å². The smallest absolute Gasteiger partial charge is 0.143 e. The predicted octanol–water partition coefficient (Wildman–Crippen LogP) is 4.47. The zero-order valence-corrected chi connectivity index (χ0v) is 13.9. The maximum atomic E-state index is 13.9. The summed E-state index contributed by atoms with van der Waals surface area (Å²) >= 11 is 6.02. The minimum absolute atomic E-state index is 0.339. The summed E-state index contributed by atoms with van der Waals surface area (Å²) in [6.07, 6.45) is 6.02. The molecule has 0 amide bonds. The van der Waals surface area contributed by atoms with Gasteiger partial charge in [-0.05, 0) is 43.4 Å². The lowest BCUT2D eigenvalue weighted by Crippen LogP contribution is -2.45. The highest BCUT2D eigenvalue weighted by molar-refractivity contribution is 6.30. The average Bonchev–Trinajstić information content (AvgIpc) is 2.86. The Morgan fingerprint density at radius 3 is 2.52 bits per heavy atom. The summed E-state index contributed by atoms with van der Waals surface area (Å²) in [6, 6.07) is 7.79. The first-order valence-electron chi connectivity index (χ1n) is 8.52. The number of fused-ring (bicyclic) bond motifs is 1. The van der Waals surface area contributed by atoms with Gasteiger partial charge >= 0.3 is 0 Å². The Hall–Kier alpha value is -1.42. The maximum Gasteiger partial charge on any atom is 0.143 e. The molecule has 23 heavy (non-hydrogen) atoms. The predicted molar refractivity (Wildman–Crippen MR) is 88.6 cm³/mol. The Kier molecular flexibility index (Phi) is 3.88. The molecule has 3 nitrogen and oxygen atoms in total. The van der Waals surface area contributed by atoms with Crippen LogP contribution in [-0.4, -0.2) is 20.9 Å². The summed E-state index contributed by atoms with van der Waals surface area (Å²) in [5.74, 6) is 2.01. The van der Waals surface area contributed by atoms with Crippen molar-refractivity contribution in [1.82, 2.24) is 14.8 Å². The minimum atomic E-state index is -0.757. The quantitative estimate of drug-likeness (QED) is 0.812. The van der Waals surface area contributed by atoms with Gasteiger partial charge in [-0.1, -0.05) is 36.6 Å². The van der Waals surface area contributed by atoms with Crippen LogP contribution in [0.3, 0.4) is 0 Å². The van der Waals surface area contributed by atoms with Gasteiger partial charge in [0.1, 0.15) is 17.8 Å². The van der Waals surface area contributed by atoms with E-state index in [1.54, 1.807) is 0 Å². The van der Waals surface area contributed by atoms with Gasteiger partial charge in [-0.15, -0.1) is 10.2 Å². The fraction of sp³-hybridized carbons (Fsp3) is 0.556. The number of halogens is 2. The lowest BCUT2D eigenvalue weighted by Gasteiger charge is -2.44. The van der Waals surface area contributed by atoms with E-state index in [1.165, 1.54) is 12.8 Å². The Balaban J connectivity index is 1.78. The number of aromatic nitrogens is 3. The molecule has 0 N–H and O–H groups in total. The second kappa shape index (κ2) is 5.90. The van der Waals surface area contributed by atoms with Crippen molar-refractivity contribution >= 4 is 11.6 Å². The van der Waals surface area contributed by atoms with E-state index in [9.17, 15) is 4.39 Å². The van der Waals surface area contributed by atoms with Gasteiger partial charge in [0.05, 0.1) is 5.41 Å². The molecular weight excluding hydrogens is 313 g/mol. The molecule has 1 aromatic heterocycles. The molecular formula is C18H21ClFN3. The van der Waals surface area contributed by atoms with E-state index < -0.39 is 6.17 Å². The van der Waals surface area contributed by atoms with Crippen LogP contribution in [-0.2, 0) is 18.4 Å².